The molecule has 0 saturated heterocycles. The van der Waals surface area contributed by atoms with Crippen LogP contribution in [0.15, 0.2) is 29.2 Å². The van der Waals surface area contributed by atoms with Crippen LogP contribution in [0.1, 0.15) is 5.56 Å². The highest BCUT2D eigenvalue weighted by Gasteiger charge is 2.05. The second kappa shape index (κ2) is 3.53. The van der Waals surface area contributed by atoms with Crippen molar-refractivity contribution in [3.8, 4) is 11.5 Å². The van der Waals surface area contributed by atoms with Crippen LogP contribution in [0.25, 0.3) is 11.5 Å². The Morgan fingerprint density at radius 3 is 2.93 bits per heavy atom. The van der Waals surface area contributed by atoms with Crippen molar-refractivity contribution in [1.82, 2.24) is 15.0 Å². The average molecular weight is 202 g/mol. The van der Waals surface area contributed by atoms with Gasteiger partial charge < -0.3 is 10.7 Å². The number of aromatic amines is 1. The van der Waals surface area contributed by atoms with Crippen LogP contribution in [-0.4, -0.2) is 15.0 Å². The number of hydrogen-bond donors (Lipinski definition) is 2. The smallest absolute Gasteiger partial charge is 0.253 e. The number of nitrogens with zero attached hydrogens (tertiary/aromatic N) is 2. The monoisotopic (exact) mass is 202 g/mol. The maximum Gasteiger partial charge on any atom is 0.253 e. The number of nitrogen functional groups attached to an aromatic ring is 1. The number of anilines is 1. The van der Waals surface area contributed by atoms with Crippen LogP contribution >= 0.6 is 0 Å². The lowest BCUT2D eigenvalue weighted by atomic mass is 10.2. The summed E-state index contributed by atoms with van der Waals surface area (Å²) in [5, 5.41) is 0. The lowest BCUT2D eigenvalue weighted by Gasteiger charge is -2.03. The molecule has 76 valence electrons. The van der Waals surface area contributed by atoms with Gasteiger partial charge in [0.15, 0.2) is 5.82 Å². The van der Waals surface area contributed by atoms with Crippen LogP contribution in [0, 0.1) is 6.92 Å². The van der Waals surface area contributed by atoms with Crippen LogP contribution in [0.4, 0.5) is 5.82 Å². The standard InChI is InChI=1S/C10H10N4O/c1-6-3-2-4-12-9(6)10-13-7(11)5-8(15)14-10/h2-5H,1H3,(H3,11,13,14,15). The van der Waals surface area contributed by atoms with Crippen molar-refractivity contribution in [2.24, 2.45) is 0 Å². The van der Waals surface area contributed by atoms with Crippen molar-refractivity contribution < 1.29 is 0 Å². The lowest BCUT2D eigenvalue weighted by molar-refractivity contribution is 1.10. The first-order valence-electron chi connectivity index (χ1n) is 4.45. The molecular weight excluding hydrogens is 192 g/mol. The van der Waals surface area contributed by atoms with Gasteiger partial charge in [-0.05, 0) is 18.6 Å². The topological polar surface area (TPSA) is 84.7 Å². The van der Waals surface area contributed by atoms with Gasteiger partial charge in [-0.2, -0.15) is 0 Å². The fourth-order valence-corrected chi connectivity index (χ4v) is 1.32. The second-order valence-electron chi connectivity index (χ2n) is 3.19. The Balaban J connectivity index is 2.64. The van der Waals surface area contributed by atoms with Crippen molar-refractivity contribution >= 4 is 5.82 Å². The Bertz CT molecular complexity index is 547. The van der Waals surface area contributed by atoms with Gasteiger partial charge in [0.2, 0.25) is 0 Å². The molecule has 0 saturated carbocycles. The summed E-state index contributed by atoms with van der Waals surface area (Å²) in [5.41, 5.74) is 6.79. The first-order chi connectivity index (χ1) is 7.16. The number of aryl methyl sites for hydroxylation is 1. The molecule has 0 radical (unpaired) electrons. The minimum Gasteiger partial charge on any atom is -0.383 e. The van der Waals surface area contributed by atoms with E-state index in [1.54, 1.807) is 6.20 Å². The molecule has 5 nitrogen and oxygen atoms in total. The van der Waals surface area contributed by atoms with Crippen LogP contribution in [0.3, 0.4) is 0 Å². The molecule has 0 aliphatic carbocycles. The molecule has 0 aliphatic rings. The van der Waals surface area contributed by atoms with E-state index in [9.17, 15) is 4.79 Å². The third-order valence-corrected chi connectivity index (χ3v) is 2.00. The molecule has 2 aromatic rings. The van der Waals surface area contributed by atoms with Crippen molar-refractivity contribution in [3.05, 3.63) is 40.3 Å². The molecular formula is C10H10N4O. The second-order valence-corrected chi connectivity index (χ2v) is 3.19. The number of aromatic nitrogens is 3. The summed E-state index contributed by atoms with van der Waals surface area (Å²) in [7, 11) is 0. The maximum absolute atomic E-state index is 11.2. The molecule has 0 bridgehead atoms. The molecule has 2 heterocycles. The predicted octanol–water partition coefficient (Wildman–Crippen LogP) is 0.723. The van der Waals surface area contributed by atoms with E-state index in [0.29, 0.717) is 11.5 Å². The highest BCUT2D eigenvalue weighted by molar-refractivity contribution is 5.55. The van der Waals surface area contributed by atoms with Gasteiger partial charge in [0, 0.05) is 12.3 Å². The molecule has 5 heteroatoms. The quantitative estimate of drug-likeness (QED) is 0.713. The summed E-state index contributed by atoms with van der Waals surface area (Å²) < 4.78 is 0. The van der Waals surface area contributed by atoms with E-state index in [1.165, 1.54) is 6.07 Å². The first-order valence-corrected chi connectivity index (χ1v) is 4.45. The van der Waals surface area contributed by atoms with Crippen molar-refractivity contribution in [3.63, 3.8) is 0 Å². The zero-order valence-electron chi connectivity index (χ0n) is 8.19. The molecule has 0 unspecified atom stereocenters. The molecule has 2 rings (SSSR count). The fourth-order valence-electron chi connectivity index (χ4n) is 1.32. The Morgan fingerprint density at radius 1 is 1.47 bits per heavy atom. The zero-order valence-corrected chi connectivity index (χ0v) is 8.19. The minimum absolute atomic E-state index is 0.193. The van der Waals surface area contributed by atoms with E-state index in [1.807, 2.05) is 19.1 Å². The summed E-state index contributed by atoms with van der Waals surface area (Å²) in [6.45, 7) is 1.89. The van der Waals surface area contributed by atoms with E-state index < -0.39 is 0 Å². The van der Waals surface area contributed by atoms with Crippen molar-refractivity contribution in [2.75, 3.05) is 5.73 Å². The summed E-state index contributed by atoms with van der Waals surface area (Å²) in [6.07, 6.45) is 1.64. The van der Waals surface area contributed by atoms with Gasteiger partial charge >= 0.3 is 0 Å². The van der Waals surface area contributed by atoms with E-state index in [0.717, 1.165) is 5.56 Å². The van der Waals surface area contributed by atoms with Crippen molar-refractivity contribution in [1.29, 1.82) is 0 Å². The summed E-state index contributed by atoms with van der Waals surface area (Å²) in [5.74, 6) is 0.594. The van der Waals surface area contributed by atoms with Gasteiger partial charge in [-0.3, -0.25) is 9.78 Å². The summed E-state index contributed by atoms with van der Waals surface area (Å²) >= 11 is 0. The molecule has 0 aromatic carbocycles. The van der Waals surface area contributed by atoms with E-state index in [4.69, 9.17) is 5.73 Å². The molecule has 0 aliphatic heterocycles. The number of nitrogens with two attached hydrogens (primary N) is 1. The number of H-pyrrole nitrogens is 1. The first kappa shape index (κ1) is 9.39. The molecule has 0 amide bonds. The Morgan fingerprint density at radius 2 is 2.27 bits per heavy atom. The van der Waals surface area contributed by atoms with Gasteiger partial charge in [0.25, 0.3) is 5.56 Å². The molecule has 2 aromatic heterocycles. The molecule has 3 N–H and O–H groups in total. The summed E-state index contributed by atoms with van der Waals surface area (Å²) in [6, 6.07) is 4.95. The maximum atomic E-state index is 11.2. The van der Waals surface area contributed by atoms with Crippen LogP contribution < -0.4 is 11.3 Å². The van der Waals surface area contributed by atoms with Gasteiger partial charge in [-0.15, -0.1) is 0 Å². The third kappa shape index (κ3) is 1.85. The van der Waals surface area contributed by atoms with E-state index in [-0.39, 0.29) is 11.4 Å². The minimum atomic E-state index is -0.275. The number of nitrogens with one attached hydrogen (secondary N) is 1. The van der Waals surface area contributed by atoms with Crippen LogP contribution in [-0.2, 0) is 0 Å². The summed E-state index contributed by atoms with van der Waals surface area (Å²) in [4.78, 5) is 22.0. The SMILES string of the molecule is Cc1cccnc1-c1nc(N)cc(=O)[nH]1. The van der Waals surface area contributed by atoms with E-state index >= 15 is 0 Å². The average Bonchev–Trinajstić information content (AvgIpc) is 2.16. The van der Waals surface area contributed by atoms with Crippen molar-refractivity contribution in [2.45, 2.75) is 6.92 Å². The fraction of sp³-hybridized carbons (Fsp3) is 0.100. The number of hydrogen-bond acceptors (Lipinski definition) is 4. The van der Waals surface area contributed by atoms with E-state index in [2.05, 4.69) is 15.0 Å². The normalized spacial score (nSPS) is 10.2. The Hall–Kier alpha value is -2.17. The predicted molar refractivity (Wildman–Crippen MR) is 57.2 cm³/mol. The van der Waals surface area contributed by atoms with Gasteiger partial charge in [0.05, 0.1) is 0 Å². The molecule has 0 spiro atoms. The number of rotatable bonds is 1. The van der Waals surface area contributed by atoms with Crippen LogP contribution in [0.5, 0.6) is 0 Å². The van der Waals surface area contributed by atoms with Gasteiger partial charge in [-0.25, -0.2) is 4.98 Å². The highest BCUT2D eigenvalue weighted by atomic mass is 16.1. The molecule has 0 fully saturated rings. The lowest BCUT2D eigenvalue weighted by Crippen LogP contribution is -2.10. The largest absolute Gasteiger partial charge is 0.383 e. The molecule has 15 heavy (non-hydrogen) atoms. The van der Waals surface area contributed by atoms with Gasteiger partial charge in [-0.1, -0.05) is 6.07 Å². The number of pyridine rings is 1. The third-order valence-electron chi connectivity index (χ3n) is 2.00. The highest BCUT2D eigenvalue weighted by Crippen LogP contribution is 2.14. The Kier molecular flexibility index (Phi) is 2.21. The van der Waals surface area contributed by atoms with Gasteiger partial charge in [0.1, 0.15) is 11.5 Å². The zero-order chi connectivity index (χ0) is 10.8. The van der Waals surface area contributed by atoms with Crippen LogP contribution in [0.2, 0.25) is 0 Å². The molecule has 0 atom stereocenters. The Labute approximate surface area is 86.0 Å².